The number of benzene rings is 1. The van der Waals surface area contributed by atoms with Crippen molar-refractivity contribution >= 4 is 33.6 Å². The molecule has 0 saturated carbocycles. The summed E-state index contributed by atoms with van der Waals surface area (Å²) < 4.78 is 0. The van der Waals surface area contributed by atoms with Gasteiger partial charge in [-0.05, 0) is 53.6 Å². The zero-order valence-corrected chi connectivity index (χ0v) is 12.1. The van der Waals surface area contributed by atoms with E-state index in [1.54, 1.807) is 41.8 Å². The predicted molar refractivity (Wildman–Crippen MR) is 84.8 cm³/mol. The number of fused-ring (bicyclic) bond motifs is 1. The quantitative estimate of drug-likeness (QED) is 0.573. The number of pyridine rings is 1. The number of hydrogen-bond donors (Lipinski definition) is 1. The molecule has 0 bridgehead atoms. The number of anilines is 1. The van der Waals surface area contributed by atoms with E-state index in [2.05, 4.69) is 10.3 Å². The Morgan fingerprint density at radius 2 is 2.19 bits per heavy atom. The lowest BCUT2D eigenvalue weighted by molar-refractivity contribution is -0.382. The zero-order valence-electron chi connectivity index (χ0n) is 11.3. The summed E-state index contributed by atoms with van der Waals surface area (Å²) in [7, 11) is 0. The van der Waals surface area contributed by atoms with Crippen LogP contribution in [-0.4, -0.2) is 9.91 Å². The lowest BCUT2D eigenvalue weighted by Crippen LogP contribution is -2.07. The lowest BCUT2D eigenvalue weighted by atomic mass is 10.1. The Hall–Kier alpha value is -2.47. The third-order valence-electron chi connectivity index (χ3n) is 3.35. The smallest absolute Gasteiger partial charge is 0.301 e. The Morgan fingerprint density at radius 3 is 2.90 bits per heavy atom. The maximum absolute atomic E-state index is 11.4. The van der Waals surface area contributed by atoms with Crippen LogP contribution >= 0.6 is 11.3 Å². The molecule has 5 nitrogen and oxygen atoms in total. The minimum absolute atomic E-state index is 0.00377. The van der Waals surface area contributed by atoms with Crippen LogP contribution in [-0.2, 0) is 0 Å². The average molecular weight is 299 g/mol. The van der Waals surface area contributed by atoms with E-state index in [0.29, 0.717) is 16.6 Å². The molecule has 6 heteroatoms. The molecule has 0 aliphatic heterocycles. The summed E-state index contributed by atoms with van der Waals surface area (Å²) in [5.74, 6) is 0. The van der Waals surface area contributed by atoms with E-state index in [1.807, 2.05) is 23.8 Å². The summed E-state index contributed by atoms with van der Waals surface area (Å²) in [6.07, 6.45) is 1.63. The van der Waals surface area contributed by atoms with E-state index in [-0.39, 0.29) is 16.7 Å². The van der Waals surface area contributed by atoms with Crippen molar-refractivity contribution in [3.05, 3.63) is 63.0 Å². The van der Waals surface area contributed by atoms with Gasteiger partial charge in [0.2, 0.25) is 0 Å². The maximum atomic E-state index is 11.4. The maximum Gasteiger partial charge on any atom is 0.301 e. The predicted octanol–water partition coefficient (Wildman–Crippen LogP) is 4.38. The molecule has 106 valence electrons. The van der Waals surface area contributed by atoms with Gasteiger partial charge in [-0.25, -0.2) is 0 Å². The minimum atomic E-state index is -0.354. The second-order valence-electron chi connectivity index (χ2n) is 4.71. The molecule has 3 aromatic rings. The summed E-state index contributed by atoms with van der Waals surface area (Å²) in [6.45, 7) is 1.99. The van der Waals surface area contributed by atoms with Gasteiger partial charge in [0.05, 0.1) is 15.8 Å². The van der Waals surface area contributed by atoms with Crippen molar-refractivity contribution in [1.82, 2.24) is 4.98 Å². The highest BCUT2D eigenvalue weighted by atomic mass is 32.1. The summed E-state index contributed by atoms with van der Waals surface area (Å²) >= 11 is 1.61. The molecular weight excluding hydrogens is 286 g/mol. The normalized spacial score (nSPS) is 12.2. The van der Waals surface area contributed by atoms with E-state index in [0.717, 1.165) is 5.56 Å². The number of hydrogen-bond acceptors (Lipinski definition) is 5. The van der Waals surface area contributed by atoms with Crippen LogP contribution in [0.5, 0.6) is 0 Å². The van der Waals surface area contributed by atoms with Gasteiger partial charge in [-0.15, -0.1) is 0 Å². The molecule has 0 spiro atoms. The molecule has 21 heavy (non-hydrogen) atoms. The van der Waals surface area contributed by atoms with Crippen LogP contribution in [0.2, 0.25) is 0 Å². The summed E-state index contributed by atoms with van der Waals surface area (Å²) in [5.41, 5.74) is 2.32. The molecule has 3 rings (SSSR count). The van der Waals surface area contributed by atoms with E-state index in [1.165, 1.54) is 0 Å². The first-order valence-electron chi connectivity index (χ1n) is 6.47. The van der Waals surface area contributed by atoms with Gasteiger partial charge in [0, 0.05) is 12.2 Å². The fraction of sp³-hybridized carbons (Fsp3) is 0.133. The average Bonchev–Trinajstić information content (AvgIpc) is 3.01. The second kappa shape index (κ2) is 5.49. The largest absolute Gasteiger partial charge is 0.373 e. The SMILES string of the molecule is CC(Nc1ccc2ncccc2c1[N+](=O)[O-])c1ccsc1. The molecule has 1 unspecified atom stereocenters. The van der Waals surface area contributed by atoms with Crippen LogP contribution in [0.4, 0.5) is 11.4 Å². The first-order chi connectivity index (χ1) is 10.2. The van der Waals surface area contributed by atoms with Crippen molar-refractivity contribution < 1.29 is 4.92 Å². The first-order valence-corrected chi connectivity index (χ1v) is 7.42. The highest BCUT2D eigenvalue weighted by Crippen LogP contribution is 2.34. The van der Waals surface area contributed by atoms with Gasteiger partial charge in [-0.1, -0.05) is 0 Å². The molecule has 2 aromatic heterocycles. The fourth-order valence-electron chi connectivity index (χ4n) is 2.29. The van der Waals surface area contributed by atoms with Crippen LogP contribution in [0.25, 0.3) is 10.9 Å². The molecule has 1 aromatic carbocycles. The van der Waals surface area contributed by atoms with Gasteiger partial charge in [-0.3, -0.25) is 15.1 Å². The monoisotopic (exact) mass is 299 g/mol. The Bertz CT molecular complexity index is 787. The molecule has 0 amide bonds. The molecule has 0 fully saturated rings. The Kier molecular flexibility index (Phi) is 3.53. The third kappa shape index (κ3) is 2.57. The topological polar surface area (TPSA) is 68.1 Å². The molecule has 1 N–H and O–H groups in total. The molecular formula is C15H13N3O2S. The van der Waals surface area contributed by atoms with Crippen molar-refractivity contribution in [2.75, 3.05) is 5.32 Å². The second-order valence-corrected chi connectivity index (χ2v) is 5.49. The molecule has 0 saturated heterocycles. The van der Waals surface area contributed by atoms with Crippen LogP contribution in [0.1, 0.15) is 18.5 Å². The zero-order chi connectivity index (χ0) is 14.8. The Balaban J connectivity index is 2.06. The Morgan fingerprint density at radius 1 is 1.33 bits per heavy atom. The van der Waals surface area contributed by atoms with Gasteiger partial charge in [-0.2, -0.15) is 11.3 Å². The minimum Gasteiger partial charge on any atom is -0.373 e. The number of nitrogens with zero attached hydrogens (tertiary/aromatic N) is 2. The van der Waals surface area contributed by atoms with Gasteiger partial charge < -0.3 is 5.32 Å². The van der Waals surface area contributed by atoms with Crippen molar-refractivity contribution in [3.8, 4) is 0 Å². The van der Waals surface area contributed by atoms with E-state index in [4.69, 9.17) is 0 Å². The summed E-state index contributed by atoms with van der Waals surface area (Å²) in [6, 6.07) is 8.96. The van der Waals surface area contributed by atoms with Gasteiger partial charge >= 0.3 is 5.69 Å². The number of nitro groups is 1. The van der Waals surface area contributed by atoms with E-state index in [9.17, 15) is 10.1 Å². The number of nitro benzene ring substituents is 1. The lowest BCUT2D eigenvalue weighted by Gasteiger charge is -2.15. The fourth-order valence-corrected chi connectivity index (χ4v) is 3.04. The number of rotatable bonds is 4. The van der Waals surface area contributed by atoms with Gasteiger partial charge in [0.15, 0.2) is 0 Å². The number of thiophene rings is 1. The first kappa shape index (κ1) is 13.5. The van der Waals surface area contributed by atoms with Crippen molar-refractivity contribution in [1.29, 1.82) is 0 Å². The standard InChI is InChI=1S/C15H13N3O2S/c1-10(11-6-8-21-9-11)17-14-5-4-13-12(3-2-7-16-13)15(14)18(19)20/h2-10,17H,1H3. The van der Waals surface area contributed by atoms with Crippen LogP contribution in [0.15, 0.2) is 47.3 Å². The molecule has 1 atom stereocenters. The van der Waals surface area contributed by atoms with Crippen molar-refractivity contribution in [2.24, 2.45) is 0 Å². The molecule has 0 radical (unpaired) electrons. The van der Waals surface area contributed by atoms with Crippen molar-refractivity contribution in [3.63, 3.8) is 0 Å². The molecule has 2 heterocycles. The molecule has 0 aliphatic rings. The van der Waals surface area contributed by atoms with Crippen molar-refractivity contribution in [2.45, 2.75) is 13.0 Å². The van der Waals surface area contributed by atoms with E-state index >= 15 is 0 Å². The van der Waals surface area contributed by atoms with Crippen LogP contribution in [0.3, 0.4) is 0 Å². The summed E-state index contributed by atoms with van der Waals surface area (Å²) in [4.78, 5) is 15.3. The van der Waals surface area contributed by atoms with Gasteiger partial charge in [0.1, 0.15) is 5.69 Å². The van der Waals surface area contributed by atoms with Crippen LogP contribution < -0.4 is 5.32 Å². The van der Waals surface area contributed by atoms with Gasteiger partial charge in [0.25, 0.3) is 0 Å². The van der Waals surface area contributed by atoms with E-state index < -0.39 is 0 Å². The number of aromatic nitrogens is 1. The summed E-state index contributed by atoms with van der Waals surface area (Å²) in [5, 5.41) is 19.2. The Labute approximate surface area is 125 Å². The number of nitrogens with one attached hydrogen (secondary N) is 1. The highest BCUT2D eigenvalue weighted by molar-refractivity contribution is 7.08. The van der Waals surface area contributed by atoms with Crippen LogP contribution in [0, 0.1) is 10.1 Å². The highest BCUT2D eigenvalue weighted by Gasteiger charge is 2.20. The molecule has 0 aliphatic carbocycles. The third-order valence-corrected chi connectivity index (χ3v) is 4.06.